The summed E-state index contributed by atoms with van der Waals surface area (Å²) in [6, 6.07) is 0. The molecule has 3 nitrogen and oxygen atoms in total. The Kier molecular flexibility index (Phi) is 4.66. The van der Waals surface area contributed by atoms with Crippen LogP contribution in [0.15, 0.2) is 0 Å². The molecule has 0 radical (unpaired) electrons. The van der Waals surface area contributed by atoms with Gasteiger partial charge in [0.05, 0.1) is 0 Å². The molecule has 0 saturated heterocycles. The van der Waals surface area contributed by atoms with E-state index in [2.05, 4.69) is 6.92 Å². The normalized spacial score (nSPS) is 31.6. The van der Waals surface area contributed by atoms with Gasteiger partial charge < -0.3 is 10.6 Å². The second-order valence-corrected chi connectivity index (χ2v) is 6.42. The highest BCUT2D eigenvalue weighted by molar-refractivity contribution is 5.76. The second-order valence-electron chi connectivity index (χ2n) is 6.42. The number of carbonyl (C=O) groups is 1. The maximum atomic E-state index is 12.1. The summed E-state index contributed by atoms with van der Waals surface area (Å²) in [4.78, 5) is 14.1. The fourth-order valence-electron chi connectivity index (χ4n) is 3.85. The predicted octanol–water partition coefficient (Wildman–Crippen LogP) is 2.26. The first kappa shape index (κ1) is 13.9. The molecule has 0 heterocycles. The molecular formula is C15H28N2O. The maximum absolute atomic E-state index is 12.1. The molecule has 2 aliphatic carbocycles. The number of hydrogen-bond acceptors (Lipinski definition) is 2. The van der Waals surface area contributed by atoms with Crippen molar-refractivity contribution in [1.82, 2.24) is 4.90 Å². The van der Waals surface area contributed by atoms with E-state index in [9.17, 15) is 4.79 Å². The van der Waals surface area contributed by atoms with Crippen molar-refractivity contribution in [2.75, 3.05) is 20.1 Å². The first-order valence-electron chi connectivity index (χ1n) is 7.58. The first-order chi connectivity index (χ1) is 8.63. The van der Waals surface area contributed by atoms with Crippen LogP contribution in [0.4, 0.5) is 0 Å². The van der Waals surface area contributed by atoms with Crippen molar-refractivity contribution in [2.24, 2.45) is 29.4 Å². The third-order valence-corrected chi connectivity index (χ3v) is 5.19. The van der Waals surface area contributed by atoms with Crippen LogP contribution in [0.3, 0.4) is 0 Å². The molecule has 4 atom stereocenters. The summed E-state index contributed by atoms with van der Waals surface area (Å²) in [5, 5.41) is 0. The minimum absolute atomic E-state index is 0.287. The summed E-state index contributed by atoms with van der Waals surface area (Å²) in [5.74, 6) is 3.29. The quantitative estimate of drug-likeness (QED) is 0.788. The van der Waals surface area contributed by atoms with Crippen molar-refractivity contribution in [3.05, 3.63) is 0 Å². The molecule has 2 bridgehead atoms. The van der Waals surface area contributed by atoms with Gasteiger partial charge in [-0.1, -0.05) is 19.8 Å². The van der Waals surface area contributed by atoms with Gasteiger partial charge >= 0.3 is 0 Å². The van der Waals surface area contributed by atoms with Gasteiger partial charge in [0, 0.05) is 20.0 Å². The molecule has 104 valence electrons. The molecule has 2 fully saturated rings. The number of amides is 1. The van der Waals surface area contributed by atoms with Gasteiger partial charge in [-0.25, -0.2) is 0 Å². The number of fused-ring (bicyclic) bond motifs is 2. The van der Waals surface area contributed by atoms with Gasteiger partial charge in [-0.05, 0) is 49.5 Å². The highest BCUT2D eigenvalue weighted by Gasteiger charge is 2.40. The molecule has 2 saturated carbocycles. The minimum atomic E-state index is 0.287. The molecule has 0 aromatic carbocycles. The molecule has 1 amide bonds. The molecule has 2 N–H and O–H groups in total. The van der Waals surface area contributed by atoms with Crippen LogP contribution >= 0.6 is 0 Å². The van der Waals surface area contributed by atoms with Crippen LogP contribution < -0.4 is 5.73 Å². The van der Waals surface area contributed by atoms with Crippen molar-refractivity contribution in [3.63, 3.8) is 0 Å². The highest BCUT2D eigenvalue weighted by atomic mass is 16.2. The van der Waals surface area contributed by atoms with Crippen molar-refractivity contribution in [1.29, 1.82) is 0 Å². The lowest BCUT2D eigenvalue weighted by Gasteiger charge is -2.28. The van der Waals surface area contributed by atoms with Gasteiger partial charge in [0.1, 0.15) is 0 Å². The van der Waals surface area contributed by atoms with Crippen LogP contribution in [0.25, 0.3) is 0 Å². The lowest BCUT2D eigenvalue weighted by atomic mass is 9.88. The molecule has 0 aromatic heterocycles. The Morgan fingerprint density at radius 3 is 2.67 bits per heavy atom. The van der Waals surface area contributed by atoms with Crippen LogP contribution in [-0.2, 0) is 4.79 Å². The molecule has 0 aliphatic heterocycles. The third-order valence-electron chi connectivity index (χ3n) is 5.19. The monoisotopic (exact) mass is 252 g/mol. The standard InChI is InChI=1S/C15H28N2O/c1-3-11(9-16)8-15(18)17(2)10-14-7-12-4-5-13(14)6-12/h11-14H,3-10,16H2,1-2H3. The lowest BCUT2D eigenvalue weighted by molar-refractivity contribution is -0.131. The Hall–Kier alpha value is -0.570. The molecule has 0 aromatic rings. The van der Waals surface area contributed by atoms with Gasteiger partial charge in [-0.3, -0.25) is 4.79 Å². The Balaban J connectivity index is 1.77. The molecule has 18 heavy (non-hydrogen) atoms. The summed E-state index contributed by atoms with van der Waals surface area (Å²) >= 11 is 0. The number of carbonyl (C=O) groups excluding carboxylic acids is 1. The maximum Gasteiger partial charge on any atom is 0.222 e. The predicted molar refractivity (Wildman–Crippen MR) is 74.0 cm³/mol. The second kappa shape index (κ2) is 6.05. The Labute approximate surface area is 111 Å². The van der Waals surface area contributed by atoms with Gasteiger partial charge in [0.15, 0.2) is 0 Å². The molecule has 0 spiro atoms. The fraction of sp³-hybridized carbons (Fsp3) is 0.933. The van der Waals surface area contributed by atoms with E-state index in [0.29, 0.717) is 18.9 Å². The SMILES string of the molecule is CCC(CN)CC(=O)N(C)CC1CC2CCC1C2. The van der Waals surface area contributed by atoms with Crippen LogP contribution in [0.2, 0.25) is 0 Å². The van der Waals surface area contributed by atoms with E-state index in [-0.39, 0.29) is 5.91 Å². The summed E-state index contributed by atoms with van der Waals surface area (Å²) in [5.41, 5.74) is 5.67. The van der Waals surface area contributed by atoms with E-state index >= 15 is 0 Å². The third kappa shape index (κ3) is 3.05. The van der Waals surface area contributed by atoms with Gasteiger partial charge in [0.25, 0.3) is 0 Å². The number of hydrogen-bond donors (Lipinski definition) is 1. The number of nitrogens with zero attached hydrogens (tertiary/aromatic N) is 1. The molecule has 4 unspecified atom stereocenters. The smallest absolute Gasteiger partial charge is 0.222 e. The Morgan fingerprint density at radius 2 is 2.17 bits per heavy atom. The number of rotatable bonds is 6. The molecular weight excluding hydrogens is 224 g/mol. The van der Waals surface area contributed by atoms with Gasteiger partial charge in [-0.15, -0.1) is 0 Å². The largest absolute Gasteiger partial charge is 0.345 e. The van der Waals surface area contributed by atoms with E-state index in [4.69, 9.17) is 5.73 Å². The summed E-state index contributed by atoms with van der Waals surface area (Å²) in [7, 11) is 1.97. The summed E-state index contributed by atoms with van der Waals surface area (Å²) in [6.07, 6.45) is 7.25. The number of nitrogens with two attached hydrogens (primary N) is 1. The van der Waals surface area contributed by atoms with Crippen molar-refractivity contribution in [2.45, 2.75) is 45.4 Å². The van der Waals surface area contributed by atoms with Crippen molar-refractivity contribution in [3.8, 4) is 0 Å². The van der Waals surface area contributed by atoms with Crippen molar-refractivity contribution >= 4 is 5.91 Å². The van der Waals surface area contributed by atoms with Crippen LogP contribution in [-0.4, -0.2) is 30.9 Å². The van der Waals surface area contributed by atoms with E-state index < -0.39 is 0 Å². The minimum Gasteiger partial charge on any atom is -0.345 e. The van der Waals surface area contributed by atoms with E-state index in [0.717, 1.165) is 30.7 Å². The molecule has 2 aliphatic rings. The summed E-state index contributed by atoms with van der Waals surface area (Å²) < 4.78 is 0. The van der Waals surface area contributed by atoms with Crippen LogP contribution in [0.5, 0.6) is 0 Å². The first-order valence-corrected chi connectivity index (χ1v) is 7.58. The highest BCUT2D eigenvalue weighted by Crippen LogP contribution is 2.48. The fourth-order valence-corrected chi connectivity index (χ4v) is 3.85. The van der Waals surface area contributed by atoms with Gasteiger partial charge in [-0.2, -0.15) is 0 Å². The lowest BCUT2D eigenvalue weighted by Crippen LogP contribution is -2.35. The Morgan fingerprint density at radius 1 is 1.39 bits per heavy atom. The van der Waals surface area contributed by atoms with Crippen LogP contribution in [0, 0.1) is 23.7 Å². The average Bonchev–Trinajstić information content (AvgIpc) is 2.97. The topological polar surface area (TPSA) is 46.3 Å². The zero-order valence-corrected chi connectivity index (χ0v) is 11.9. The summed E-state index contributed by atoms with van der Waals surface area (Å²) in [6.45, 7) is 3.71. The molecule has 2 rings (SSSR count). The van der Waals surface area contributed by atoms with E-state index in [1.54, 1.807) is 0 Å². The molecule has 3 heteroatoms. The van der Waals surface area contributed by atoms with E-state index in [1.165, 1.54) is 25.7 Å². The zero-order chi connectivity index (χ0) is 13.1. The van der Waals surface area contributed by atoms with Gasteiger partial charge in [0.2, 0.25) is 5.91 Å². The van der Waals surface area contributed by atoms with Crippen molar-refractivity contribution < 1.29 is 4.79 Å². The van der Waals surface area contributed by atoms with E-state index in [1.807, 2.05) is 11.9 Å². The van der Waals surface area contributed by atoms with Crippen LogP contribution in [0.1, 0.15) is 45.4 Å². The Bertz CT molecular complexity index is 288. The zero-order valence-electron chi connectivity index (χ0n) is 11.9. The average molecular weight is 252 g/mol.